The molecule has 1 saturated heterocycles. The fourth-order valence-electron chi connectivity index (χ4n) is 2.68. The van der Waals surface area contributed by atoms with Crippen LogP contribution in [0.1, 0.15) is 45.1 Å². The van der Waals surface area contributed by atoms with Gasteiger partial charge in [0.05, 0.1) is 4.90 Å². The molecule has 0 spiro atoms. The number of rotatable bonds is 6. The third-order valence-corrected chi connectivity index (χ3v) is 5.84. The lowest BCUT2D eigenvalue weighted by Gasteiger charge is -2.07. The summed E-state index contributed by atoms with van der Waals surface area (Å²) >= 11 is 0. The van der Waals surface area contributed by atoms with Crippen LogP contribution in [0.3, 0.4) is 0 Å². The van der Waals surface area contributed by atoms with Gasteiger partial charge in [0.15, 0.2) is 0 Å². The van der Waals surface area contributed by atoms with Crippen molar-refractivity contribution in [3.63, 3.8) is 0 Å². The van der Waals surface area contributed by atoms with Crippen LogP contribution in [0.15, 0.2) is 29.2 Å². The van der Waals surface area contributed by atoms with Crippen LogP contribution in [0.4, 0.5) is 0 Å². The molecule has 1 aromatic carbocycles. The molecule has 0 bridgehead atoms. The molecule has 0 aromatic heterocycles. The summed E-state index contributed by atoms with van der Waals surface area (Å²) in [5.41, 5.74) is 1.08. The number of unbranched alkanes of at least 4 members (excludes halogenated alkanes) is 1. The molecular weight excluding hydrogens is 258 g/mol. The topological polar surface area (TPSA) is 37.1 Å². The minimum Gasteiger partial charge on any atom is -0.207 e. The third-order valence-electron chi connectivity index (χ3n) is 3.88. The standard InChI is InChI=1S/C15H23NO2S/c1-4-6-7-15-14(5-2)16(15)19(17,18)13-10-8-12(3)9-11-13/h8-11,14-15H,4-7H2,1-3H3/t14-,15-,16?/m0/s1. The molecule has 1 heterocycles. The zero-order valence-corrected chi connectivity index (χ0v) is 12.8. The Morgan fingerprint density at radius 3 is 2.26 bits per heavy atom. The molecule has 2 rings (SSSR count). The van der Waals surface area contributed by atoms with E-state index in [2.05, 4.69) is 13.8 Å². The fraction of sp³-hybridized carbons (Fsp3) is 0.600. The lowest BCUT2D eigenvalue weighted by molar-refractivity contribution is 0.536. The van der Waals surface area contributed by atoms with Gasteiger partial charge in [0, 0.05) is 12.1 Å². The Morgan fingerprint density at radius 1 is 1.11 bits per heavy atom. The van der Waals surface area contributed by atoms with Gasteiger partial charge in [0.2, 0.25) is 10.0 Å². The zero-order chi connectivity index (χ0) is 14.0. The first-order valence-electron chi connectivity index (χ1n) is 7.12. The van der Waals surface area contributed by atoms with Crippen LogP contribution in [0, 0.1) is 6.92 Å². The average molecular weight is 281 g/mol. The number of hydrogen-bond acceptors (Lipinski definition) is 2. The van der Waals surface area contributed by atoms with Crippen LogP contribution in [0.2, 0.25) is 0 Å². The highest BCUT2D eigenvalue weighted by Crippen LogP contribution is 2.40. The van der Waals surface area contributed by atoms with Gasteiger partial charge in [-0.05, 0) is 31.9 Å². The highest BCUT2D eigenvalue weighted by Gasteiger charge is 2.53. The molecule has 1 unspecified atom stereocenters. The molecular formula is C15H23NO2S. The maximum Gasteiger partial charge on any atom is 0.243 e. The zero-order valence-electron chi connectivity index (χ0n) is 12.0. The van der Waals surface area contributed by atoms with Gasteiger partial charge in [0.1, 0.15) is 0 Å². The van der Waals surface area contributed by atoms with Crippen molar-refractivity contribution in [2.75, 3.05) is 0 Å². The van der Waals surface area contributed by atoms with Gasteiger partial charge in [-0.3, -0.25) is 0 Å². The second-order valence-corrected chi connectivity index (χ2v) is 7.18. The van der Waals surface area contributed by atoms with Crippen molar-refractivity contribution >= 4 is 10.0 Å². The Bertz CT molecular complexity index is 522. The summed E-state index contributed by atoms with van der Waals surface area (Å²) < 4.78 is 26.9. The van der Waals surface area contributed by atoms with E-state index >= 15 is 0 Å². The van der Waals surface area contributed by atoms with Crippen LogP contribution in [-0.2, 0) is 10.0 Å². The predicted octanol–water partition coefficient (Wildman–Crippen LogP) is 3.34. The molecule has 4 heteroatoms. The summed E-state index contributed by atoms with van der Waals surface area (Å²) in [6.45, 7) is 6.17. The van der Waals surface area contributed by atoms with Crippen LogP contribution in [0.25, 0.3) is 0 Å². The molecule has 3 atom stereocenters. The highest BCUT2D eigenvalue weighted by atomic mass is 32.2. The van der Waals surface area contributed by atoms with Gasteiger partial charge in [-0.25, -0.2) is 8.42 Å². The second kappa shape index (κ2) is 5.63. The van der Waals surface area contributed by atoms with Crippen LogP contribution >= 0.6 is 0 Å². The lowest BCUT2D eigenvalue weighted by Crippen LogP contribution is -2.16. The summed E-state index contributed by atoms with van der Waals surface area (Å²) in [6, 6.07) is 7.57. The van der Waals surface area contributed by atoms with Crippen molar-refractivity contribution in [2.24, 2.45) is 0 Å². The monoisotopic (exact) mass is 281 g/mol. The van der Waals surface area contributed by atoms with Crippen LogP contribution < -0.4 is 0 Å². The van der Waals surface area contributed by atoms with E-state index in [-0.39, 0.29) is 12.1 Å². The van der Waals surface area contributed by atoms with Crippen molar-refractivity contribution in [3.05, 3.63) is 29.8 Å². The Morgan fingerprint density at radius 2 is 1.74 bits per heavy atom. The van der Waals surface area contributed by atoms with Gasteiger partial charge in [-0.1, -0.05) is 44.4 Å². The molecule has 1 aromatic rings. The van der Waals surface area contributed by atoms with Crippen molar-refractivity contribution in [1.82, 2.24) is 4.31 Å². The average Bonchev–Trinajstić information content (AvgIpc) is 3.11. The van der Waals surface area contributed by atoms with Gasteiger partial charge < -0.3 is 0 Å². The second-order valence-electron chi connectivity index (χ2n) is 5.33. The number of benzene rings is 1. The van der Waals surface area contributed by atoms with Crippen molar-refractivity contribution in [1.29, 1.82) is 0 Å². The van der Waals surface area contributed by atoms with Crippen LogP contribution in [0.5, 0.6) is 0 Å². The van der Waals surface area contributed by atoms with E-state index in [1.165, 1.54) is 0 Å². The Hall–Kier alpha value is -0.870. The maximum absolute atomic E-state index is 12.6. The third kappa shape index (κ3) is 2.84. The molecule has 1 aliphatic rings. The van der Waals surface area contributed by atoms with E-state index in [4.69, 9.17) is 0 Å². The Balaban J connectivity index is 2.18. The molecule has 19 heavy (non-hydrogen) atoms. The Labute approximate surface area is 116 Å². The molecule has 3 nitrogen and oxygen atoms in total. The summed E-state index contributed by atoms with van der Waals surface area (Å²) in [4.78, 5) is 0.426. The first-order chi connectivity index (χ1) is 9.02. The van der Waals surface area contributed by atoms with Crippen molar-refractivity contribution in [3.8, 4) is 0 Å². The minimum atomic E-state index is -3.29. The number of hydrogen-bond donors (Lipinski definition) is 0. The molecule has 106 valence electrons. The van der Waals surface area contributed by atoms with E-state index in [9.17, 15) is 8.42 Å². The molecule has 0 aliphatic carbocycles. The molecule has 1 fully saturated rings. The van der Waals surface area contributed by atoms with Gasteiger partial charge in [-0.15, -0.1) is 0 Å². The Kier molecular flexibility index (Phi) is 4.31. The molecule has 0 N–H and O–H groups in total. The van der Waals surface area contributed by atoms with E-state index in [0.717, 1.165) is 31.2 Å². The number of aryl methyl sites for hydroxylation is 1. The molecule has 0 saturated carbocycles. The molecule has 0 amide bonds. The first kappa shape index (κ1) is 14.5. The van der Waals surface area contributed by atoms with E-state index in [1.807, 2.05) is 19.1 Å². The maximum atomic E-state index is 12.6. The number of nitrogens with zero attached hydrogens (tertiary/aromatic N) is 1. The summed E-state index contributed by atoms with van der Waals surface area (Å²) in [5, 5.41) is 0. The molecule has 0 radical (unpaired) electrons. The smallest absolute Gasteiger partial charge is 0.207 e. The quantitative estimate of drug-likeness (QED) is 0.750. The first-order valence-corrected chi connectivity index (χ1v) is 8.56. The normalized spacial score (nSPS) is 26.4. The van der Waals surface area contributed by atoms with Gasteiger partial charge in [-0.2, -0.15) is 4.31 Å². The highest BCUT2D eigenvalue weighted by molar-refractivity contribution is 7.89. The van der Waals surface area contributed by atoms with Gasteiger partial charge >= 0.3 is 0 Å². The lowest BCUT2D eigenvalue weighted by atomic mass is 10.1. The predicted molar refractivity (Wildman–Crippen MR) is 77.6 cm³/mol. The largest absolute Gasteiger partial charge is 0.243 e. The summed E-state index contributed by atoms with van der Waals surface area (Å²) in [5.74, 6) is 0. The van der Waals surface area contributed by atoms with Crippen LogP contribution in [-0.4, -0.2) is 24.8 Å². The minimum absolute atomic E-state index is 0.206. The fourth-order valence-corrected chi connectivity index (χ4v) is 4.60. The van der Waals surface area contributed by atoms with E-state index in [1.54, 1.807) is 16.4 Å². The number of sulfonamides is 1. The van der Waals surface area contributed by atoms with Crippen molar-refractivity contribution in [2.45, 2.75) is 63.4 Å². The van der Waals surface area contributed by atoms with E-state index in [0.29, 0.717) is 4.90 Å². The summed E-state index contributed by atoms with van der Waals surface area (Å²) in [7, 11) is -3.29. The molecule has 1 aliphatic heterocycles. The summed E-state index contributed by atoms with van der Waals surface area (Å²) in [6.07, 6.45) is 4.10. The SMILES string of the molecule is CCCC[C@H]1[C@H](CC)N1S(=O)(=O)c1ccc(C)cc1. The van der Waals surface area contributed by atoms with Gasteiger partial charge in [0.25, 0.3) is 0 Å². The van der Waals surface area contributed by atoms with Crippen molar-refractivity contribution < 1.29 is 8.42 Å². The van der Waals surface area contributed by atoms with E-state index < -0.39 is 10.0 Å².